The summed E-state index contributed by atoms with van der Waals surface area (Å²) in [5.41, 5.74) is 0.525. The summed E-state index contributed by atoms with van der Waals surface area (Å²) in [6.45, 7) is 9.38. The normalized spacial score (nSPS) is 20.1. The highest BCUT2D eigenvalue weighted by atomic mass is 79.9. The van der Waals surface area contributed by atoms with Gasteiger partial charge in [-0.25, -0.2) is 4.39 Å². The Morgan fingerprint density at radius 2 is 1.89 bits per heavy atom. The van der Waals surface area contributed by atoms with Crippen molar-refractivity contribution in [2.24, 2.45) is 16.7 Å². The number of benzene rings is 1. The van der Waals surface area contributed by atoms with Crippen molar-refractivity contribution >= 4 is 21.8 Å². The van der Waals surface area contributed by atoms with Gasteiger partial charge in [-0.2, -0.15) is 0 Å². The zero-order valence-corrected chi connectivity index (χ0v) is 13.3. The third-order valence-corrected chi connectivity index (χ3v) is 5.45. The second-order valence-corrected chi connectivity index (χ2v) is 7.25. The molecule has 4 heteroatoms. The summed E-state index contributed by atoms with van der Waals surface area (Å²) in [6, 6.07) is 4.39. The van der Waals surface area contributed by atoms with E-state index in [1.807, 2.05) is 0 Å². The van der Waals surface area contributed by atoms with Crippen LogP contribution in [-0.4, -0.2) is 12.5 Å². The van der Waals surface area contributed by atoms with Crippen LogP contribution in [0.4, 0.5) is 4.39 Å². The molecule has 1 aromatic carbocycles. The minimum Gasteiger partial charge on any atom is -0.352 e. The minimum atomic E-state index is -0.491. The van der Waals surface area contributed by atoms with E-state index in [1.54, 1.807) is 6.07 Å². The molecule has 2 nitrogen and oxygen atoms in total. The van der Waals surface area contributed by atoms with Crippen LogP contribution in [0.2, 0.25) is 0 Å². The molecule has 1 fully saturated rings. The minimum absolute atomic E-state index is 0.0886. The van der Waals surface area contributed by atoms with Gasteiger partial charge in [0.15, 0.2) is 0 Å². The first-order valence-corrected chi connectivity index (χ1v) is 7.20. The zero-order chi connectivity index (χ0) is 14.4. The van der Waals surface area contributed by atoms with E-state index in [1.165, 1.54) is 12.1 Å². The summed E-state index contributed by atoms with van der Waals surface area (Å²) in [5, 5.41) is 2.84. The average Bonchev–Trinajstić information content (AvgIpc) is 2.70. The summed E-state index contributed by atoms with van der Waals surface area (Å²) in [4.78, 5) is 12.0. The summed E-state index contributed by atoms with van der Waals surface area (Å²) >= 11 is 3.25. The molecular formula is C15H19BrFNO. The third-order valence-electron chi connectivity index (χ3n) is 4.96. The Morgan fingerprint density at radius 1 is 1.32 bits per heavy atom. The first kappa shape index (κ1) is 14.5. The van der Waals surface area contributed by atoms with Gasteiger partial charge in [0.05, 0.1) is 5.56 Å². The summed E-state index contributed by atoms with van der Waals surface area (Å²) in [6.07, 6.45) is 0. The summed E-state index contributed by atoms with van der Waals surface area (Å²) < 4.78 is 14.3. The van der Waals surface area contributed by atoms with Crippen molar-refractivity contribution in [3.8, 4) is 0 Å². The Labute approximate surface area is 121 Å². The molecule has 1 aliphatic rings. The number of rotatable bonds is 3. The molecule has 19 heavy (non-hydrogen) atoms. The molecule has 0 spiro atoms. The fourth-order valence-corrected chi connectivity index (χ4v) is 3.17. The van der Waals surface area contributed by atoms with Gasteiger partial charge in [-0.15, -0.1) is 0 Å². The second-order valence-electron chi connectivity index (χ2n) is 6.33. The number of nitrogens with one attached hydrogen (secondary N) is 1. The van der Waals surface area contributed by atoms with Crippen LogP contribution in [0.5, 0.6) is 0 Å². The first-order chi connectivity index (χ1) is 8.68. The molecule has 0 bridgehead atoms. The Balaban J connectivity index is 2.02. The SMILES string of the molecule is CC1(C)C(CNC(=O)c2cc(Br)ccc2F)C1(C)C. The van der Waals surface area contributed by atoms with E-state index in [0.29, 0.717) is 16.9 Å². The van der Waals surface area contributed by atoms with Crippen LogP contribution in [0.15, 0.2) is 22.7 Å². The quantitative estimate of drug-likeness (QED) is 0.893. The Kier molecular flexibility index (Phi) is 3.50. The predicted octanol–water partition coefficient (Wildman–Crippen LogP) is 4.00. The molecule has 1 aliphatic carbocycles. The standard InChI is InChI=1S/C15H19BrFNO/c1-14(2)12(15(14,3)4)8-18-13(19)10-7-9(16)5-6-11(10)17/h5-7,12H,8H2,1-4H3,(H,18,19). The lowest BCUT2D eigenvalue weighted by atomic mass is 10.0. The molecule has 0 saturated heterocycles. The van der Waals surface area contributed by atoms with Gasteiger partial charge < -0.3 is 5.32 Å². The van der Waals surface area contributed by atoms with Crippen LogP contribution in [0.25, 0.3) is 0 Å². The summed E-state index contributed by atoms with van der Waals surface area (Å²) in [7, 11) is 0. The van der Waals surface area contributed by atoms with E-state index in [4.69, 9.17) is 0 Å². The fraction of sp³-hybridized carbons (Fsp3) is 0.533. The maximum absolute atomic E-state index is 13.6. The van der Waals surface area contributed by atoms with Crippen molar-refractivity contribution in [1.82, 2.24) is 5.32 Å². The second kappa shape index (κ2) is 4.58. The van der Waals surface area contributed by atoms with Crippen molar-refractivity contribution < 1.29 is 9.18 Å². The molecule has 0 radical (unpaired) electrons. The highest BCUT2D eigenvalue weighted by Crippen LogP contribution is 2.67. The molecule has 0 aromatic heterocycles. The van der Waals surface area contributed by atoms with Crippen molar-refractivity contribution in [2.45, 2.75) is 27.7 Å². The number of hydrogen-bond donors (Lipinski definition) is 1. The monoisotopic (exact) mass is 327 g/mol. The van der Waals surface area contributed by atoms with Crippen LogP contribution in [0, 0.1) is 22.6 Å². The number of halogens is 2. The lowest BCUT2D eigenvalue weighted by molar-refractivity contribution is 0.0946. The smallest absolute Gasteiger partial charge is 0.254 e. The lowest BCUT2D eigenvalue weighted by Gasteiger charge is -2.07. The van der Waals surface area contributed by atoms with Crippen LogP contribution >= 0.6 is 15.9 Å². The number of carbonyl (C=O) groups excluding carboxylic acids is 1. The van der Waals surface area contributed by atoms with E-state index in [0.717, 1.165) is 0 Å². The van der Waals surface area contributed by atoms with Crippen LogP contribution in [0.1, 0.15) is 38.1 Å². The molecule has 0 heterocycles. The largest absolute Gasteiger partial charge is 0.352 e. The average molecular weight is 328 g/mol. The van der Waals surface area contributed by atoms with Gasteiger partial charge in [0.25, 0.3) is 5.91 Å². The summed E-state index contributed by atoms with van der Waals surface area (Å²) in [5.74, 6) is -0.411. The van der Waals surface area contributed by atoms with Crippen molar-refractivity contribution in [3.05, 3.63) is 34.1 Å². The third kappa shape index (κ3) is 2.42. The van der Waals surface area contributed by atoms with Crippen molar-refractivity contribution in [3.63, 3.8) is 0 Å². The molecule has 104 valence electrons. The highest BCUT2D eigenvalue weighted by molar-refractivity contribution is 9.10. The highest BCUT2D eigenvalue weighted by Gasteiger charge is 2.64. The Hall–Kier alpha value is -0.900. The molecule has 1 saturated carbocycles. The maximum atomic E-state index is 13.6. The Bertz CT molecular complexity index is 511. The van der Waals surface area contributed by atoms with E-state index < -0.39 is 5.82 Å². The van der Waals surface area contributed by atoms with Gasteiger partial charge in [0, 0.05) is 11.0 Å². The van der Waals surface area contributed by atoms with Crippen molar-refractivity contribution in [2.75, 3.05) is 6.54 Å². The molecular weight excluding hydrogens is 309 g/mol. The first-order valence-electron chi connectivity index (χ1n) is 6.41. The Morgan fingerprint density at radius 3 is 2.42 bits per heavy atom. The lowest BCUT2D eigenvalue weighted by Crippen LogP contribution is -2.27. The van der Waals surface area contributed by atoms with Gasteiger partial charge in [-0.3, -0.25) is 4.79 Å². The molecule has 2 rings (SSSR count). The molecule has 0 aliphatic heterocycles. The molecule has 0 unspecified atom stereocenters. The van der Waals surface area contributed by atoms with Crippen molar-refractivity contribution in [1.29, 1.82) is 0 Å². The number of carbonyl (C=O) groups is 1. The molecule has 0 atom stereocenters. The van der Waals surface area contributed by atoms with Gasteiger partial charge in [-0.1, -0.05) is 43.6 Å². The van der Waals surface area contributed by atoms with Gasteiger partial charge in [0.2, 0.25) is 0 Å². The van der Waals surface area contributed by atoms with E-state index in [9.17, 15) is 9.18 Å². The number of amides is 1. The maximum Gasteiger partial charge on any atom is 0.254 e. The van der Waals surface area contributed by atoms with E-state index in [2.05, 4.69) is 48.9 Å². The molecule has 1 N–H and O–H groups in total. The van der Waals surface area contributed by atoms with Gasteiger partial charge in [0.1, 0.15) is 5.82 Å². The molecule has 1 aromatic rings. The van der Waals surface area contributed by atoms with Gasteiger partial charge >= 0.3 is 0 Å². The predicted molar refractivity (Wildman–Crippen MR) is 77.5 cm³/mol. The zero-order valence-electron chi connectivity index (χ0n) is 11.7. The van der Waals surface area contributed by atoms with Crippen LogP contribution in [0.3, 0.4) is 0 Å². The van der Waals surface area contributed by atoms with E-state index in [-0.39, 0.29) is 22.3 Å². The van der Waals surface area contributed by atoms with Crippen LogP contribution < -0.4 is 5.32 Å². The van der Waals surface area contributed by atoms with E-state index >= 15 is 0 Å². The van der Waals surface area contributed by atoms with Gasteiger partial charge in [-0.05, 0) is 34.9 Å². The molecule has 1 amide bonds. The van der Waals surface area contributed by atoms with Crippen LogP contribution in [-0.2, 0) is 0 Å². The topological polar surface area (TPSA) is 29.1 Å². The fourth-order valence-electron chi connectivity index (χ4n) is 2.80. The number of hydrogen-bond acceptors (Lipinski definition) is 1.